The first-order valence-electron chi connectivity index (χ1n) is 6.61. The van der Waals surface area contributed by atoms with Crippen molar-refractivity contribution in [2.45, 2.75) is 57.7 Å². The summed E-state index contributed by atoms with van der Waals surface area (Å²) in [6.45, 7) is 7.96. The smallest absolute Gasteiger partial charge is 0.157 e. The van der Waals surface area contributed by atoms with Crippen LogP contribution in [-0.2, 0) is 0 Å². The topological polar surface area (TPSA) is 24.4 Å². The molecule has 1 aliphatic heterocycles. The van der Waals surface area contributed by atoms with E-state index in [0.717, 1.165) is 23.6 Å². The van der Waals surface area contributed by atoms with Gasteiger partial charge in [0, 0.05) is 17.8 Å². The van der Waals surface area contributed by atoms with E-state index in [1.165, 1.54) is 30.9 Å². The Bertz CT molecular complexity index is 253. The Morgan fingerprint density at radius 3 is 2.69 bits per heavy atom. The lowest BCUT2D eigenvalue weighted by atomic mass is 10.1. The molecule has 1 N–H and O–H groups in total. The van der Waals surface area contributed by atoms with Crippen molar-refractivity contribution in [1.82, 2.24) is 5.32 Å². The van der Waals surface area contributed by atoms with Gasteiger partial charge in [-0.15, -0.1) is 0 Å². The van der Waals surface area contributed by atoms with E-state index in [4.69, 9.17) is 4.99 Å². The molecule has 92 valence electrons. The van der Waals surface area contributed by atoms with E-state index in [0.29, 0.717) is 6.04 Å². The largest absolute Gasteiger partial charge is 0.362 e. The van der Waals surface area contributed by atoms with Gasteiger partial charge >= 0.3 is 0 Å². The van der Waals surface area contributed by atoms with Crippen molar-refractivity contribution in [2.75, 3.05) is 6.54 Å². The van der Waals surface area contributed by atoms with Crippen LogP contribution in [0.3, 0.4) is 0 Å². The molecule has 2 rings (SSSR count). The Morgan fingerprint density at radius 1 is 1.25 bits per heavy atom. The van der Waals surface area contributed by atoms with Crippen molar-refractivity contribution < 1.29 is 0 Å². The molecule has 0 aromatic carbocycles. The van der Waals surface area contributed by atoms with Gasteiger partial charge in [0.15, 0.2) is 5.17 Å². The third kappa shape index (κ3) is 3.41. The number of hydrogen-bond acceptors (Lipinski definition) is 2. The van der Waals surface area contributed by atoms with E-state index in [-0.39, 0.29) is 0 Å². The third-order valence-corrected chi connectivity index (χ3v) is 4.73. The molecule has 2 fully saturated rings. The highest BCUT2D eigenvalue weighted by Crippen LogP contribution is 2.31. The number of aliphatic imine (C=N–C) groups is 1. The predicted molar refractivity (Wildman–Crippen MR) is 73.1 cm³/mol. The second-order valence-corrected chi connectivity index (χ2v) is 7.07. The number of rotatable bonds is 2. The first-order chi connectivity index (χ1) is 7.63. The molecule has 1 saturated carbocycles. The Labute approximate surface area is 104 Å². The molecule has 4 atom stereocenters. The molecule has 1 heterocycles. The maximum atomic E-state index is 4.77. The lowest BCUT2D eigenvalue weighted by molar-refractivity contribution is 0.524. The molecule has 0 amide bonds. The van der Waals surface area contributed by atoms with Gasteiger partial charge in [-0.05, 0) is 38.0 Å². The summed E-state index contributed by atoms with van der Waals surface area (Å²) < 4.78 is 0. The van der Waals surface area contributed by atoms with Gasteiger partial charge < -0.3 is 5.32 Å². The molecule has 0 spiro atoms. The molecule has 0 aromatic rings. The summed E-state index contributed by atoms with van der Waals surface area (Å²) in [5.41, 5.74) is 0. The van der Waals surface area contributed by atoms with Gasteiger partial charge in [0.2, 0.25) is 0 Å². The first-order valence-corrected chi connectivity index (χ1v) is 7.49. The number of nitrogens with one attached hydrogen (secondary N) is 1. The minimum absolute atomic E-state index is 0.595. The zero-order valence-corrected chi connectivity index (χ0v) is 11.5. The van der Waals surface area contributed by atoms with Crippen LogP contribution in [0.5, 0.6) is 0 Å². The van der Waals surface area contributed by atoms with E-state index in [1.807, 2.05) is 11.8 Å². The highest BCUT2D eigenvalue weighted by Gasteiger charge is 2.23. The van der Waals surface area contributed by atoms with E-state index in [9.17, 15) is 0 Å². The summed E-state index contributed by atoms with van der Waals surface area (Å²) in [7, 11) is 0. The summed E-state index contributed by atoms with van der Waals surface area (Å²) in [5.74, 6) is 1.77. The van der Waals surface area contributed by atoms with Crippen LogP contribution in [0, 0.1) is 11.8 Å². The third-order valence-electron chi connectivity index (χ3n) is 3.66. The van der Waals surface area contributed by atoms with Crippen LogP contribution in [-0.4, -0.2) is 23.0 Å². The molecule has 2 aliphatic rings. The van der Waals surface area contributed by atoms with E-state index in [2.05, 4.69) is 26.1 Å². The SMILES string of the molecule is CC1CCC(CN=C2NC(C)CC(C)S2)C1. The van der Waals surface area contributed by atoms with Crippen LogP contribution in [0.4, 0.5) is 0 Å². The maximum Gasteiger partial charge on any atom is 0.157 e. The second kappa shape index (κ2) is 5.44. The lowest BCUT2D eigenvalue weighted by Gasteiger charge is -2.27. The van der Waals surface area contributed by atoms with Crippen LogP contribution >= 0.6 is 11.8 Å². The minimum atomic E-state index is 0.595. The van der Waals surface area contributed by atoms with Crippen LogP contribution < -0.4 is 5.32 Å². The van der Waals surface area contributed by atoms with Gasteiger partial charge in [0.25, 0.3) is 0 Å². The normalized spacial score (nSPS) is 42.3. The zero-order chi connectivity index (χ0) is 11.5. The van der Waals surface area contributed by atoms with Gasteiger partial charge in [-0.25, -0.2) is 0 Å². The van der Waals surface area contributed by atoms with Gasteiger partial charge in [-0.3, -0.25) is 4.99 Å². The van der Waals surface area contributed by atoms with Crippen molar-refractivity contribution in [2.24, 2.45) is 16.8 Å². The Kier molecular flexibility index (Phi) is 4.17. The fourth-order valence-electron chi connectivity index (χ4n) is 2.83. The average molecular weight is 240 g/mol. The van der Waals surface area contributed by atoms with Crippen LogP contribution in [0.2, 0.25) is 0 Å². The maximum absolute atomic E-state index is 4.77. The summed E-state index contributed by atoms with van der Waals surface area (Å²) >= 11 is 1.91. The van der Waals surface area contributed by atoms with E-state index in [1.54, 1.807) is 0 Å². The molecule has 1 aliphatic carbocycles. The van der Waals surface area contributed by atoms with Gasteiger partial charge in [0.05, 0.1) is 0 Å². The molecular weight excluding hydrogens is 216 g/mol. The fraction of sp³-hybridized carbons (Fsp3) is 0.923. The summed E-state index contributed by atoms with van der Waals surface area (Å²) in [6, 6.07) is 0.595. The molecule has 0 radical (unpaired) electrons. The highest BCUT2D eigenvalue weighted by atomic mass is 32.2. The fourth-order valence-corrected chi connectivity index (χ4v) is 4.01. The quantitative estimate of drug-likeness (QED) is 0.801. The van der Waals surface area contributed by atoms with Crippen molar-refractivity contribution in [3.8, 4) is 0 Å². The van der Waals surface area contributed by atoms with Crippen molar-refractivity contribution in [3.05, 3.63) is 0 Å². The van der Waals surface area contributed by atoms with Crippen molar-refractivity contribution in [1.29, 1.82) is 0 Å². The van der Waals surface area contributed by atoms with Crippen LogP contribution in [0.15, 0.2) is 4.99 Å². The van der Waals surface area contributed by atoms with Gasteiger partial charge in [0.1, 0.15) is 0 Å². The Morgan fingerprint density at radius 2 is 2.06 bits per heavy atom. The van der Waals surface area contributed by atoms with Crippen LogP contribution in [0.1, 0.15) is 46.5 Å². The zero-order valence-electron chi connectivity index (χ0n) is 10.7. The molecule has 2 nitrogen and oxygen atoms in total. The second-order valence-electron chi connectivity index (χ2n) is 5.64. The first kappa shape index (κ1) is 12.3. The van der Waals surface area contributed by atoms with Crippen molar-refractivity contribution in [3.63, 3.8) is 0 Å². The number of hydrogen-bond donors (Lipinski definition) is 1. The number of nitrogens with zero attached hydrogens (tertiary/aromatic N) is 1. The van der Waals surface area contributed by atoms with Gasteiger partial charge in [-0.1, -0.05) is 32.0 Å². The Hall–Kier alpha value is -0.180. The number of thioether (sulfide) groups is 1. The van der Waals surface area contributed by atoms with Crippen LogP contribution in [0.25, 0.3) is 0 Å². The molecule has 1 saturated heterocycles. The molecule has 16 heavy (non-hydrogen) atoms. The standard InChI is InChI=1S/C13H24N2S/c1-9-4-5-12(6-9)8-14-13-15-10(2)7-11(3)16-13/h9-12H,4-8H2,1-3H3,(H,14,15). The highest BCUT2D eigenvalue weighted by molar-refractivity contribution is 8.14. The van der Waals surface area contributed by atoms with E-state index < -0.39 is 0 Å². The van der Waals surface area contributed by atoms with Crippen molar-refractivity contribution >= 4 is 16.9 Å². The van der Waals surface area contributed by atoms with Gasteiger partial charge in [-0.2, -0.15) is 0 Å². The summed E-state index contributed by atoms with van der Waals surface area (Å²) in [6.07, 6.45) is 5.42. The lowest BCUT2D eigenvalue weighted by Crippen LogP contribution is -2.38. The summed E-state index contributed by atoms with van der Waals surface area (Å²) in [5, 5.41) is 5.40. The Balaban J connectivity index is 1.82. The molecule has 0 bridgehead atoms. The molecule has 4 unspecified atom stereocenters. The average Bonchev–Trinajstić information content (AvgIpc) is 2.60. The van der Waals surface area contributed by atoms with E-state index >= 15 is 0 Å². The minimum Gasteiger partial charge on any atom is -0.362 e. The molecule has 3 heteroatoms. The molecule has 0 aromatic heterocycles. The molecular formula is C13H24N2S. The predicted octanol–water partition coefficient (Wildman–Crippen LogP) is 3.28. The summed E-state index contributed by atoms with van der Waals surface area (Å²) in [4.78, 5) is 4.77. The number of amidine groups is 1. The monoisotopic (exact) mass is 240 g/mol.